The van der Waals surface area contributed by atoms with E-state index in [0.29, 0.717) is 0 Å². The molecule has 2 heterocycles. The average Bonchev–Trinajstić information content (AvgIpc) is 2.39. The van der Waals surface area contributed by atoms with Crippen LogP contribution >= 0.6 is 12.4 Å². The molecule has 1 aromatic carbocycles. The second-order valence-electron chi connectivity index (χ2n) is 5.38. The number of nitrogens with one attached hydrogen (secondary N) is 1. The highest BCUT2D eigenvalue weighted by atomic mass is 35.5. The van der Waals surface area contributed by atoms with Crippen LogP contribution in [0.25, 0.3) is 0 Å². The molecule has 110 valence electrons. The van der Waals surface area contributed by atoms with E-state index in [1.165, 1.54) is 5.56 Å². The maximum Gasteiger partial charge on any atom is 0.129 e. The number of halogens is 1. The Morgan fingerprint density at radius 1 is 1.30 bits per heavy atom. The van der Waals surface area contributed by atoms with Crippen LogP contribution in [0.1, 0.15) is 30.4 Å². The van der Waals surface area contributed by atoms with Crippen molar-refractivity contribution in [3.05, 3.63) is 29.3 Å². The third kappa shape index (κ3) is 2.63. The summed E-state index contributed by atoms with van der Waals surface area (Å²) in [6.45, 7) is 4.09. The van der Waals surface area contributed by atoms with Crippen molar-refractivity contribution >= 4 is 18.1 Å². The Hall–Kier alpha value is -1.26. The molecule has 5 heteroatoms. The van der Waals surface area contributed by atoms with Crippen molar-refractivity contribution in [3.63, 3.8) is 0 Å². The summed E-state index contributed by atoms with van der Waals surface area (Å²) in [4.78, 5) is 5.04. The number of oxime groups is 1. The van der Waals surface area contributed by atoms with Gasteiger partial charge in [0.2, 0.25) is 0 Å². The van der Waals surface area contributed by atoms with Gasteiger partial charge in [-0.1, -0.05) is 17.3 Å². The fraction of sp³-hybridized carbons (Fsp3) is 0.533. The fourth-order valence-corrected chi connectivity index (χ4v) is 3.11. The number of nitrogens with zero attached hydrogens (tertiary/aromatic N) is 1. The molecule has 0 aliphatic carbocycles. The van der Waals surface area contributed by atoms with Gasteiger partial charge in [-0.15, -0.1) is 12.4 Å². The molecule has 20 heavy (non-hydrogen) atoms. The zero-order valence-corrected chi connectivity index (χ0v) is 12.8. The van der Waals surface area contributed by atoms with E-state index in [1.807, 2.05) is 12.1 Å². The van der Waals surface area contributed by atoms with Crippen molar-refractivity contribution in [1.82, 2.24) is 5.32 Å². The Labute approximate surface area is 125 Å². The highest BCUT2D eigenvalue weighted by Crippen LogP contribution is 2.39. The zero-order valence-electron chi connectivity index (χ0n) is 11.9. The summed E-state index contributed by atoms with van der Waals surface area (Å²) in [7, 11) is 1.61. The smallest absolute Gasteiger partial charge is 0.129 e. The Balaban J connectivity index is 0.00000147. The quantitative estimate of drug-likeness (QED) is 0.810. The molecular weight excluding hydrogens is 276 g/mol. The Morgan fingerprint density at radius 3 is 2.75 bits per heavy atom. The maximum absolute atomic E-state index is 6.34. The molecule has 0 unspecified atom stereocenters. The molecule has 0 atom stereocenters. The lowest BCUT2D eigenvalue weighted by molar-refractivity contribution is 0.0373. The predicted octanol–water partition coefficient (Wildman–Crippen LogP) is 2.67. The van der Waals surface area contributed by atoms with E-state index in [-0.39, 0.29) is 18.0 Å². The maximum atomic E-state index is 6.34. The molecule has 1 aromatic rings. The van der Waals surface area contributed by atoms with E-state index in [0.717, 1.165) is 49.4 Å². The van der Waals surface area contributed by atoms with Crippen LogP contribution in [0.15, 0.2) is 23.4 Å². The number of hydrogen-bond donors (Lipinski definition) is 1. The molecule has 4 nitrogen and oxygen atoms in total. The molecule has 1 N–H and O–H groups in total. The van der Waals surface area contributed by atoms with Crippen LogP contribution < -0.4 is 10.1 Å². The van der Waals surface area contributed by atoms with Gasteiger partial charge in [0.25, 0.3) is 0 Å². The van der Waals surface area contributed by atoms with Gasteiger partial charge in [0.05, 0.1) is 5.71 Å². The van der Waals surface area contributed by atoms with E-state index in [4.69, 9.17) is 9.57 Å². The van der Waals surface area contributed by atoms with E-state index < -0.39 is 0 Å². The van der Waals surface area contributed by atoms with E-state index in [9.17, 15) is 0 Å². The average molecular weight is 297 g/mol. The number of ether oxygens (including phenoxy) is 1. The lowest BCUT2D eigenvalue weighted by Crippen LogP contribution is -2.50. The minimum absolute atomic E-state index is 0. The molecule has 2 aliphatic heterocycles. The number of hydrogen-bond acceptors (Lipinski definition) is 4. The van der Waals surface area contributed by atoms with Crippen molar-refractivity contribution in [2.24, 2.45) is 5.16 Å². The van der Waals surface area contributed by atoms with Gasteiger partial charge < -0.3 is 14.9 Å². The van der Waals surface area contributed by atoms with Gasteiger partial charge in [-0.05, 0) is 31.6 Å². The van der Waals surface area contributed by atoms with Gasteiger partial charge in [-0.25, -0.2) is 0 Å². The molecule has 1 spiro atoms. The minimum atomic E-state index is -0.108. The Bertz CT molecular complexity index is 511. The van der Waals surface area contributed by atoms with Crippen LogP contribution in [0, 0.1) is 6.92 Å². The Kier molecular flexibility index (Phi) is 4.55. The van der Waals surface area contributed by atoms with Crippen LogP contribution in [-0.4, -0.2) is 31.5 Å². The van der Waals surface area contributed by atoms with Gasteiger partial charge in [0.1, 0.15) is 18.5 Å². The molecule has 2 aliphatic rings. The second-order valence-corrected chi connectivity index (χ2v) is 5.38. The molecule has 0 saturated carbocycles. The zero-order chi connectivity index (χ0) is 13.3. The molecule has 0 radical (unpaired) electrons. The van der Waals surface area contributed by atoms with Gasteiger partial charge in [0, 0.05) is 24.8 Å². The minimum Gasteiger partial charge on any atom is -0.486 e. The molecule has 3 rings (SSSR count). The van der Waals surface area contributed by atoms with Crippen molar-refractivity contribution in [2.75, 3.05) is 20.2 Å². The van der Waals surface area contributed by atoms with E-state index in [2.05, 4.69) is 23.5 Å². The fourth-order valence-electron chi connectivity index (χ4n) is 3.11. The number of piperidine rings is 1. The molecule has 1 fully saturated rings. The largest absolute Gasteiger partial charge is 0.486 e. The number of benzene rings is 1. The first-order valence-corrected chi connectivity index (χ1v) is 6.84. The van der Waals surface area contributed by atoms with Crippen molar-refractivity contribution in [1.29, 1.82) is 0 Å². The molecular formula is C15H21ClN2O2. The third-order valence-corrected chi connectivity index (χ3v) is 4.06. The highest BCUT2D eigenvalue weighted by Gasteiger charge is 2.41. The first kappa shape index (κ1) is 15.1. The topological polar surface area (TPSA) is 42.8 Å². The van der Waals surface area contributed by atoms with Crippen LogP contribution in [0.5, 0.6) is 5.75 Å². The summed E-state index contributed by atoms with van der Waals surface area (Å²) in [6, 6.07) is 6.17. The lowest BCUT2D eigenvalue weighted by atomic mass is 9.82. The standard InChI is InChI=1S/C15H20N2O2.ClH/c1-11-4-3-5-13-14(11)12(17-18-2)10-15(19-13)6-8-16-9-7-15;/h3-5,16H,6-10H2,1-2H3;1H. The van der Waals surface area contributed by atoms with E-state index in [1.54, 1.807) is 7.11 Å². The van der Waals surface area contributed by atoms with Crippen LogP contribution in [0.4, 0.5) is 0 Å². The summed E-state index contributed by atoms with van der Waals surface area (Å²) in [6.07, 6.45) is 2.87. The third-order valence-electron chi connectivity index (χ3n) is 4.06. The van der Waals surface area contributed by atoms with Crippen molar-refractivity contribution in [3.8, 4) is 5.75 Å². The molecule has 0 bridgehead atoms. The summed E-state index contributed by atoms with van der Waals surface area (Å²) in [5, 5.41) is 7.64. The Morgan fingerprint density at radius 2 is 2.05 bits per heavy atom. The summed E-state index contributed by atoms with van der Waals surface area (Å²) in [5.74, 6) is 0.948. The number of rotatable bonds is 1. The number of fused-ring (bicyclic) bond motifs is 1. The summed E-state index contributed by atoms with van der Waals surface area (Å²) in [5.41, 5.74) is 3.21. The first-order chi connectivity index (χ1) is 9.24. The van der Waals surface area contributed by atoms with Crippen molar-refractivity contribution < 1.29 is 9.57 Å². The summed E-state index contributed by atoms with van der Waals surface area (Å²) >= 11 is 0. The van der Waals surface area contributed by atoms with Gasteiger partial charge in [-0.2, -0.15) is 0 Å². The van der Waals surface area contributed by atoms with Crippen LogP contribution in [0.3, 0.4) is 0 Å². The highest BCUT2D eigenvalue weighted by molar-refractivity contribution is 6.05. The monoisotopic (exact) mass is 296 g/mol. The van der Waals surface area contributed by atoms with Crippen LogP contribution in [0.2, 0.25) is 0 Å². The second kappa shape index (κ2) is 6.02. The molecule has 0 aromatic heterocycles. The van der Waals surface area contributed by atoms with Gasteiger partial charge in [0.15, 0.2) is 0 Å². The number of aryl methyl sites for hydroxylation is 1. The SMILES string of the molecule is CON=C1CC2(CCNCC2)Oc2cccc(C)c21.Cl. The first-order valence-electron chi connectivity index (χ1n) is 6.84. The lowest BCUT2D eigenvalue weighted by Gasteiger charge is -2.42. The molecule has 1 saturated heterocycles. The normalized spacial score (nSPS) is 21.8. The van der Waals surface area contributed by atoms with Gasteiger partial charge >= 0.3 is 0 Å². The predicted molar refractivity (Wildman–Crippen MR) is 82.1 cm³/mol. The summed E-state index contributed by atoms with van der Waals surface area (Å²) < 4.78 is 6.34. The van der Waals surface area contributed by atoms with Gasteiger partial charge in [-0.3, -0.25) is 0 Å². The van der Waals surface area contributed by atoms with Crippen molar-refractivity contribution in [2.45, 2.75) is 31.8 Å². The molecule has 0 amide bonds. The van der Waals surface area contributed by atoms with Crippen LogP contribution in [-0.2, 0) is 4.84 Å². The van der Waals surface area contributed by atoms with E-state index >= 15 is 0 Å².